The molecule has 0 radical (unpaired) electrons. The quantitative estimate of drug-likeness (QED) is 0.681. The van der Waals surface area contributed by atoms with Crippen LogP contribution < -0.4 is 11.1 Å². The van der Waals surface area contributed by atoms with Crippen LogP contribution in [0.3, 0.4) is 0 Å². The molecule has 0 aromatic heterocycles. The van der Waals surface area contributed by atoms with Crippen LogP contribution in [0.15, 0.2) is 0 Å². The van der Waals surface area contributed by atoms with E-state index in [4.69, 9.17) is 5.73 Å². The molecule has 2 unspecified atom stereocenters. The standard InChI is InChI=1S/C12H26N2O/c1-5-7-8-10(4)14-12(15)11(13)9(3)6-2/h9-11H,5-8,13H2,1-4H3,(H,14,15)/t9?,10?,11-/m0/s1. The van der Waals surface area contributed by atoms with E-state index in [2.05, 4.69) is 19.2 Å². The number of hydrogen-bond acceptors (Lipinski definition) is 2. The molecule has 15 heavy (non-hydrogen) atoms. The van der Waals surface area contributed by atoms with E-state index < -0.39 is 0 Å². The molecule has 0 saturated heterocycles. The summed E-state index contributed by atoms with van der Waals surface area (Å²) in [5.74, 6) is 0.247. The van der Waals surface area contributed by atoms with Gasteiger partial charge in [0.2, 0.25) is 5.91 Å². The highest BCUT2D eigenvalue weighted by Gasteiger charge is 2.20. The summed E-state index contributed by atoms with van der Waals surface area (Å²) in [6.07, 6.45) is 4.30. The lowest BCUT2D eigenvalue weighted by Gasteiger charge is -2.21. The zero-order valence-corrected chi connectivity index (χ0v) is 10.5. The third-order valence-corrected chi connectivity index (χ3v) is 2.94. The number of amides is 1. The first-order valence-corrected chi connectivity index (χ1v) is 6.08. The van der Waals surface area contributed by atoms with Gasteiger partial charge in [0.15, 0.2) is 0 Å². The number of nitrogens with two attached hydrogens (primary N) is 1. The molecule has 3 nitrogen and oxygen atoms in total. The first-order chi connectivity index (χ1) is 7.02. The van der Waals surface area contributed by atoms with Crippen molar-refractivity contribution in [1.82, 2.24) is 5.32 Å². The second-order valence-electron chi connectivity index (χ2n) is 4.46. The minimum Gasteiger partial charge on any atom is -0.352 e. The Hall–Kier alpha value is -0.570. The van der Waals surface area contributed by atoms with Gasteiger partial charge in [0.1, 0.15) is 0 Å². The summed E-state index contributed by atoms with van der Waals surface area (Å²) in [6, 6.07) is -0.119. The Balaban J connectivity index is 3.90. The van der Waals surface area contributed by atoms with Gasteiger partial charge in [-0.15, -0.1) is 0 Å². The third kappa shape index (κ3) is 5.78. The Bertz CT molecular complexity index is 182. The molecule has 0 aliphatic heterocycles. The van der Waals surface area contributed by atoms with Crippen LogP contribution in [0.4, 0.5) is 0 Å². The van der Waals surface area contributed by atoms with Gasteiger partial charge in [0.25, 0.3) is 0 Å². The van der Waals surface area contributed by atoms with Crippen LogP contribution in [0, 0.1) is 5.92 Å². The van der Waals surface area contributed by atoms with Gasteiger partial charge in [-0.2, -0.15) is 0 Å². The Morgan fingerprint density at radius 3 is 2.40 bits per heavy atom. The van der Waals surface area contributed by atoms with Gasteiger partial charge >= 0.3 is 0 Å². The summed E-state index contributed by atoms with van der Waals surface area (Å²) in [5.41, 5.74) is 5.84. The summed E-state index contributed by atoms with van der Waals surface area (Å²) in [6.45, 7) is 8.26. The Morgan fingerprint density at radius 1 is 1.33 bits per heavy atom. The Kier molecular flexibility index (Phi) is 7.39. The molecule has 0 spiro atoms. The predicted molar refractivity (Wildman–Crippen MR) is 64.6 cm³/mol. The van der Waals surface area contributed by atoms with E-state index in [1.807, 2.05) is 13.8 Å². The number of nitrogens with one attached hydrogen (secondary N) is 1. The summed E-state index contributed by atoms with van der Waals surface area (Å²) in [5, 5.41) is 2.97. The maximum Gasteiger partial charge on any atom is 0.237 e. The monoisotopic (exact) mass is 214 g/mol. The van der Waals surface area contributed by atoms with Gasteiger partial charge in [0.05, 0.1) is 6.04 Å². The molecule has 0 aliphatic rings. The average Bonchev–Trinajstić information content (AvgIpc) is 2.23. The molecular formula is C12H26N2O. The van der Waals surface area contributed by atoms with E-state index in [0.717, 1.165) is 25.7 Å². The fraction of sp³-hybridized carbons (Fsp3) is 0.917. The minimum atomic E-state index is -0.362. The SMILES string of the molecule is CCCCC(C)NC(=O)[C@@H](N)C(C)CC. The van der Waals surface area contributed by atoms with Gasteiger partial charge < -0.3 is 11.1 Å². The number of rotatable bonds is 7. The van der Waals surface area contributed by atoms with Crippen molar-refractivity contribution in [2.45, 2.75) is 65.5 Å². The highest BCUT2D eigenvalue weighted by Crippen LogP contribution is 2.06. The van der Waals surface area contributed by atoms with Gasteiger partial charge in [-0.3, -0.25) is 4.79 Å². The maximum absolute atomic E-state index is 11.7. The van der Waals surface area contributed by atoms with Crippen LogP contribution in [0.25, 0.3) is 0 Å². The van der Waals surface area contributed by atoms with Crippen LogP contribution >= 0.6 is 0 Å². The van der Waals surface area contributed by atoms with E-state index in [-0.39, 0.29) is 23.9 Å². The van der Waals surface area contributed by atoms with Gasteiger partial charge in [-0.1, -0.05) is 40.0 Å². The summed E-state index contributed by atoms with van der Waals surface area (Å²) >= 11 is 0. The fourth-order valence-electron chi connectivity index (χ4n) is 1.43. The van der Waals surface area contributed by atoms with Crippen molar-refractivity contribution in [3.05, 3.63) is 0 Å². The lowest BCUT2D eigenvalue weighted by molar-refractivity contribution is -0.124. The van der Waals surface area contributed by atoms with Crippen molar-refractivity contribution in [1.29, 1.82) is 0 Å². The van der Waals surface area contributed by atoms with Crippen LogP contribution in [0.1, 0.15) is 53.4 Å². The third-order valence-electron chi connectivity index (χ3n) is 2.94. The molecule has 3 N–H and O–H groups in total. The molecule has 0 heterocycles. The molecule has 0 fully saturated rings. The fourth-order valence-corrected chi connectivity index (χ4v) is 1.43. The van der Waals surface area contributed by atoms with E-state index in [9.17, 15) is 4.79 Å². The second-order valence-corrected chi connectivity index (χ2v) is 4.46. The van der Waals surface area contributed by atoms with Gasteiger partial charge in [-0.25, -0.2) is 0 Å². The van der Waals surface area contributed by atoms with E-state index >= 15 is 0 Å². The van der Waals surface area contributed by atoms with E-state index in [0.29, 0.717) is 0 Å². The molecule has 0 saturated carbocycles. The van der Waals surface area contributed by atoms with Gasteiger partial charge in [-0.05, 0) is 19.3 Å². The molecule has 0 aromatic carbocycles. The van der Waals surface area contributed by atoms with Crippen molar-refractivity contribution in [2.75, 3.05) is 0 Å². The van der Waals surface area contributed by atoms with Gasteiger partial charge in [0, 0.05) is 6.04 Å². The van der Waals surface area contributed by atoms with Crippen molar-refractivity contribution in [3.63, 3.8) is 0 Å². The number of carbonyl (C=O) groups excluding carboxylic acids is 1. The largest absolute Gasteiger partial charge is 0.352 e. The van der Waals surface area contributed by atoms with Crippen LogP contribution in [-0.4, -0.2) is 18.0 Å². The Labute approximate surface area is 93.8 Å². The number of carbonyl (C=O) groups is 1. The number of unbranched alkanes of at least 4 members (excludes halogenated alkanes) is 1. The second kappa shape index (κ2) is 7.69. The molecule has 0 aromatic rings. The van der Waals surface area contributed by atoms with Crippen molar-refractivity contribution in [3.8, 4) is 0 Å². The lowest BCUT2D eigenvalue weighted by Crippen LogP contribution is -2.47. The van der Waals surface area contributed by atoms with E-state index in [1.165, 1.54) is 0 Å². The molecule has 0 aliphatic carbocycles. The minimum absolute atomic E-state index is 0.00652. The molecule has 90 valence electrons. The smallest absolute Gasteiger partial charge is 0.237 e. The highest BCUT2D eigenvalue weighted by atomic mass is 16.2. The molecule has 0 rings (SSSR count). The average molecular weight is 214 g/mol. The summed E-state index contributed by atoms with van der Waals surface area (Å²) in [4.78, 5) is 11.7. The first kappa shape index (κ1) is 14.4. The molecule has 3 heteroatoms. The van der Waals surface area contributed by atoms with Crippen molar-refractivity contribution >= 4 is 5.91 Å². The normalized spacial score (nSPS) is 16.9. The molecule has 3 atom stereocenters. The maximum atomic E-state index is 11.7. The molecular weight excluding hydrogens is 188 g/mol. The topological polar surface area (TPSA) is 55.1 Å². The van der Waals surface area contributed by atoms with Crippen LogP contribution in [0.2, 0.25) is 0 Å². The van der Waals surface area contributed by atoms with Crippen molar-refractivity contribution in [2.24, 2.45) is 11.7 Å². The molecule has 1 amide bonds. The number of hydrogen-bond donors (Lipinski definition) is 2. The lowest BCUT2D eigenvalue weighted by atomic mass is 9.99. The zero-order chi connectivity index (χ0) is 11.8. The summed E-state index contributed by atoms with van der Waals surface area (Å²) < 4.78 is 0. The van der Waals surface area contributed by atoms with Crippen molar-refractivity contribution < 1.29 is 4.79 Å². The predicted octanol–water partition coefficient (Wildman–Crippen LogP) is 2.05. The molecule has 0 bridgehead atoms. The first-order valence-electron chi connectivity index (χ1n) is 6.08. The van der Waals surface area contributed by atoms with Crippen LogP contribution in [-0.2, 0) is 4.79 Å². The summed E-state index contributed by atoms with van der Waals surface area (Å²) in [7, 11) is 0. The Morgan fingerprint density at radius 2 is 1.93 bits per heavy atom. The van der Waals surface area contributed by atoms with Crippen LogP contribution in [0.5, 0.6) is 0 Å². The van der Waals surface area contributed by atoms with E-state index in [1.54, 1.807) is 0 Å². The zero-order valence-electron chi connectivity index (χ0n) is 10.5. The highest BCUT2D eigenvalue weighted by molar-refractivity contribution is 5.81.